The van der Waals surface area contributed by atoms with Crippen molar-refractivity contribution < 1.29 is 35.5 Å². The minimum Gasteiger partial charge on any atom is -0.367 e. The van der Waals surface area contributed by atoms with Gasteiger partial charge in [0.25, 0.3) is 5.91 Å². The van der Waals surface area contributed by atoms with E-state index in [1.165, 1.54) is 12.1 Å². The number of anilines is 2. The summed E-state index contributed by atoms with van der Waals surface area (Å²) in [6.07, 6.45) is -7.72. The van der Waals surface area contributed by atoms with E-state index >= 15 is 4.39 Å². The number of hydrogen-bond donors (Lipinski definition) is 3. The van der Waals surface area contributed by atoms with Crippen molar-refractivity contribution in [3.63, 3.8) is 0 Å². The number of H-pyrrole nitrogens is 1. The van der Waals surface area contributed by atoms with Gasteiger partial charge in [0.15, 0.2) is 0 Å². The van der Waals surface area contributed by atoms with Crippen molar-refractivity contribution >= 4 is 22.9 Å². The first kappa shape index (κ1) is 30.6. The number of alkyl halides is 6. The Bertz CT molecular complexity index is 1360. The fraction of sp³-hybridized carbons (Fsp3) is 0.481. The Morgan fingerprint density at radius 1 is 1.07 bits per heavy atom. The van der Waals surface area contributed by atoms with E-state index in [9.17, 15) is 35.9 Å². The van der Waals surface area contributed by atoms with Crippen LogP contribution in [0.15, 0.2) is 35.3 Å². The summed E-state index contributed by atoms with van der Waals surface area (Å²) in [6.45, 7) is 4.90. The molecule has 14 heteroatoms. The fourth-order valence-electron chi connectivity index (χ4n) is 5.22. The first-order valence-corrected chi connectivity index (χ1v) is 13.0. The summed E-state index contributed by atoms with van der Waals surface area (Å²) in [5, 5.41) is 5.82. The lowest BCUT2D eigenvalue weighted by atomic mass is 9.96. The molecule has 2 aliphatic heterocycles. The molecule has 1 aromatic heterocycles. The number of carbonyl (C=O) groups is 1. The van der Waals surface area contributed by atoms with Crippen LogP contribution in [0.4, 0.5) is 42.1 Å². The van der Waals surface area contributed by atoms with E-state index < -0.39 is 47.2 Å². The van der Waals surface area contributed by atoms with Gasteiger partial charge in [-0.15, -0.1) is 0 Å². The molecule has 3 heterocycles. The Kier molecular flexibility index (Phi) is 8.83. The number of halogens is 7. The average Bonchev–Trinajstić information content (AvgIpc) is 2.87. The zero-order valence-corrected chi connectivity index (χ0v) is 22.3. The van der Waals surface area contributed by atoms with Crippen molar-refractivity contribution in [3.05, 3.63) is 63.3 Å². The van der Waals surface area contributed by atoms with Crippen LogP contribution in [0.2, 0.25) is 0 Å². The van der Waals surface area contributed by atoms with Crippen LogP contribution in [0, 0.1) is 5.82 Å². The van der Waals surface area contributed by atoms with Gasteiger partial charge in [0, 0.05) is 62.6 Å². The average molecular weight is 590 g/mol. The van der Waals surface area contributed by atoms with E-state index in [1.807, 2.05) is 18.7 Å². The lowest BCUT2D eigenvalue weighted by Gasteiger charge is -2.38. The second kappa shape index (κ2) is 11.8. The summed E-state index contributed by atoms with van der Waals surface area (Å²) >= 11 is 0. The van der Waals surface area contributed by atoms with Gasteiger partial charge in [-0.25, -0.2) is 4.39 Å². The molecule has 0 radical (unpaired) electrons. The number of amides is 1. The van der Waals surface area contributed by atoms with E-state index in [-0.39, 0.29) is 55.1 Å². The first-order valence-electron chi connectivity index (χ1n) is 13.0. The first-order chi connectivity index (χ1) is 19.1. The molecule has 41 heavy (non-hydrogen) atoms. The van der Waals surface area contributed by atoms with Gasteiger partial charge >= 0.3 is 12.4 Å². The molecule has 224 valence electrons. The third kappa shape index (κ3) is 7.67. The van der Waals surface area contributed by atoms with Gasteiger partial charge in [-0.2, -0.15) is 26.3 Å². The highest BCUT2D eigenvalue weighted by atomic mass is 19.4. The molecule has 1 aromatic carbocycles. The highest BCUT2D eigenvalue weighted by molar-refractivity contribution is 6.07. The zero-order chi connectivity index (χ0) is 30.1. The Morgan fingerprint density at radius 2 is 1.76 bits per heavy atom. The molecular weight excluding hydrogens is 559 g/mol. The monoisotopic (exact) mass is 589 g/mol. The van der Waals surface area contributed by atoms with Gasteiger partial charge in [0.05, 0.1) is 28.9 Å². The molecule has 0 bridgehead atoms. The lowest BCUT2D eigenvalue weighted by Crippen LogP contribution is -2.54. The predicted molar refractivity (Wildman–Crippen MR) is 140 cm³/mol. The number of nitrogens with zero attached hydrogens (tertiary/aromatic N) is 2. The summed E-state index contributed by atoms with van der Waals surface area (Å²) in [5.74, 6) is -1.79. The molecule has 2 atom stereocenters. The van der Waals surface area contributed by atoms with Gasteiger partial charge in [-0.05, 0) is 38.0 Å². The number of carbonyl (C=O) groups excluding carboxylic acids is 1. The van der Waals surface area contributed by atoms with Gasteiger partial charge in [-0.3, -0.25) is 14.5 Å². The molecule has 3 N–H and O–H groups in total. The summed E-state index contributed by atoms with van der Waals surface area (Å²) in [6, 6.07) is 2.83. The second-order valence-corrected chi connectivity index (χ2v) is 10.4. The summed E-state index contributed by atoms with van der Waals surface area (Å²) in [5.41, 5.74) is -2.33. The van der Waals surface area contributed by atoms with E-state index in [0.717, 1.165) is 0 Å². The zero-order valence-electron chi connectivity index (χ0n) is 22.3. The molecule has 1 saturated heterocycles. The highest BCUT2D eigenvalue weighted by Gasteiger charge is 2.36. The number of nitrogens with one attached hydrogen (secondary N) is 3. The van der Waals surface area contributed by atoms with Crippen LogP contribution in [0.3, 0.4) is 0 Å². The van der Waals surface area contributed by atoms with E-state index in [1.54, 1.807) is 11.0 Å². The summed E-state index contributed by atoms with van der Waals surface area (Å²) in [4.78, 5) is 30.2. The van der Waals surface area contributed by atoms with Crippen molar-refractivity contribution in [2.75, 3.05) is 42.9 Å². The maximum absolute atomic E-state index is 15.5. The quantitative estimate of drug-likeness (QED) is 0.413. The molecule has 2 aliphatic rings. The van der Waals surface area contributed by atoms with Crippen LogP contribution in [0.5, 0.6) is 0 Å². The van der Waals surface area contributed by atoms with Gasteiger partial charge in [0.2, 0.25) is 5.56 Å². The minimum atomic E-state index is -4.98. The Morgan fingerprint density at radius 3 is 2.34 bits per heavy atom. The van der Waals surface area contributed by atoms with E-state index in [0.29, 0.717) is 30.9 Å². The molecule has 0 spiro atoms. The number of rotatable bonds is 6. The smallest absolute Gasteiger partial charge is 0.367 e. The number of aromatic amines is 1. The number of benzene rings is 1. The summed E-state index contributed by atoms with van der Waals surface area (Å²) in [7, 11) is 0. The Balaban J connectivity index is 1.70. The SMILES string of the molecule is C[C@@H]1CN(c2cc(F)c(C3=CCN(CCC(F)(F)F)CC3)cc2NC(=O)c2c[nH]c(=O)cc2C(F)(F)F)C[C@H](C)N1. The molecule has 0 unspecified atom stereocenters. The van der Waals surface area contributed by atoms with Crippen molar-refractivity contribution in [1.29, 1.82) is 0 Å². The Labute approximate surface area is 231 Å². The van der Waals surface area contributed by atoms with Crippen LogP contribution in [0.25, 0.3) is 5.57 Å². The van der Waals surface area contributed by atoms with Crippen LogP contribution in [0.1, 0.15) is 48.2 Å². The molecular formula is C27H30F7N5O2. The molecule has 1 amide bonds. The van der Waals surface area contributed by atoms with Crippen molar-refractivity contribution in [2.24, 2.45) is 0 Å². The maximum atomic E-state index is 15.5. The molecule has 7 nitrogen and oxygen atoms in total. The molecule has 2 aromatic rings. The van der Waals surface area contributed by atoms with Gasteiger partial charge in [0.1, 0.15) is 5.82 Å². The van der Waals surface area contributed by atoms with E-state index in [2.05, 4.69) is 15.6 Å². The number of pyridine rings is 1. The van der Waals surface area contributed by atoms with Crippen LogP contribution >= 0.6 is 0 Å². The van der Waals surface area contributed by atoms with Gasteiger partial charge in [-0.1, -0.05) is 6.08 Å². The van der Waals surface area contributed by atoms with Crippen molar-refractivity contribution in [3.8, 4) is 0 Å². The lowest BCUT2D eigenvalue weighted by molar-refractivity contribution is -0.138. The van der Waals surface area contributed by atoms with Crippen LogP contribution in [-0.4, -0.2) is 66.8 Å². The molecule has 0 aliphatic carbocycles. The third-order valence-electron chi connectivity index (χ3n) is 7.06. The highest BCUT2D eigenvalue weighted by Crippen LogP contribution is 2.37. The van der Waals surface area contributed by atoms with Crippen LogP contribution < -0.4 is 21.1 Å². The maximum Gasteiger partial charge on any atom is 0.417 e. The van der Waals surface area contributed by atoms with Gasteiger partial charge < -0.3 is 20.5 Å². The number of aromatic nitrogens is 1. The largest absolute Gasteiger partial charge is 0.417 e. The molecule has 4 rings (SSSR count). The summed E-state index contributed by atoms with van der Waals surface area (Å²) < 4.78 is 94.3. The Hall–Kier alpha value is -3.39. The fourth-order valence-corrected chi connectivity index (χ4v) is 5.22. The topological polar surface area (TPSA) is 80.5 Å². The predicted octanol–water partition coefficient (Wildman–Crippen LogP) is 5.01. The molecule has 0 saturated carbocycles. The van der Waals surface area contributed by atoms with Crippen molar-refractivity contribution in [1.82, 2.24) is 15.2 Å². The number of piperazine rings is 1. The minimum absolute atomic E-state index is 0.00944. The third-order valence-corrected chi connectivity index (χ3v) is 7.06. The second-order valence-electron chi connectivity index (χ2n) is 10.4. The van der Waals surface area contributed by atoms with Crippen LogP contribution in [-0.2, 0) is 6.18 Å². The standard InChI is InChI=1S/C27H30F7N5O2/c1-15-13-39(14-16(2)36-15)23-11-21(28)18(17-3-6-38(7-4-17)8-5-26(29,30)31)9-22(23)37-25(41)19-12-35-24(40)10-20(19)27(32,33)34/h3,9-12,15-16,36H,4-8,13-14H2,1-2H3,(H,35,40)(H,37,41)/t15-,16+. The number of hydrogen-bond acceptors (Lipinski definition) is 5. The molecule has 1 fully saturated rings. The van der Waals surface area contributed by atoms with Crippen molar-refractivity contribution in [2.45, 2.75) is 51.1 Å². The normalized spacial score (nSPS) is 20.6. The van der Waals surface area contributed by atoms with E-state index in [4.69, 9.17) is 0 Å².